The molecular weight excluding hydrogens is 90.4 g/mol. The molecule has 0 nitrogen and oxygen atoms in total. The molecule has 0 rings (SSSR count). The maximum absolute atomic E-state index is 3.32. The van der Waals surface area contributed by atoms with Gasteiger partial charge in [-0.2, -0.15) is 0 Å². The molecule has 0 saturated carbocycles. The predicted octanol–water partition coefficient (Wildman–Crippen LogP) is 1.43. The van der Waals surface area contributed by atoms with Gasteiger partial charge in [-0.15, -0.1) is 21.6 Å². The summed E-state index contributed by atoms with van der Waals surface area (Å²) in [6.07, 6.45) is 0. The lowest BCUT2D eigenvalue weighted by Crippen LogP contribution is -0.892. The maximum atomic E-state index is 3.32. The fourth-order valence-electron chi connectivity index (χ4n) is 0. The van der Waals surface area contributed by atoms with E-state index in [9.17, 15) is 0 Å². The largest absolute Gasteiger partial charge is 0.147 e. The van der Waals surface area contributed by atoms with Crippen molar-refractivity contribution in [3.63, 3.8) is 0 Å². The molecule has 1 unspecified atom stereocenters. The Morgan fingerprint density at radius 3 is 1.75 bits per heavy atom. The first kappa shape index (κ1) is 8.82. The summed E-state index contributed by atoms with van der Waals surface area (Å²) < 4.78 is 0. The lowest BCUT2D eigenvalue weighted by molar-refractivity contribution is 2.68. The van der Waals surface area contributed by atoms with Gasteiger partial charge in [0.2, 0.25) is 0 Å². The van der Waals surface area contributed by atoms with E-state index in [1.807, 2.05) is 0 Å². The number of rotatable bonds is 0. The van der Waals surface area contributed by atoms with Crippen molar-refractivity contribution >= 4 is 21.6 Å². The average Bonchev–Trinajstić information content (AvgIpc) is 0.918. The summed E-state index contributed by atoms with van der Waals surface area (Å²) in [4.78, 5) is 0. The van der Waals surface area contributed by atoms with E-state index in [-0.39, 0.29) is 12.4 Å². The predicted molar refractivity (Wildman–Crippen MR) is 27.2 cm³/mol. The fraction of sp³-hybridized carbons (Fsp3) is 0. The van der Waals surface area contributed by atoms with Gasteiger partial charge in [0.05, 0.1) is 0 Å². The average molecular weight is 96.5 g/mol. The van der Waals surface area contributed by atoms with Gasteiger partial charge in [-0.25, -0.2) is 0 Å². The van der Waals surface area contributed by atoms with Crippen LogP contribution in [0.1, 0.15) is 0 Å². The van der Waals surface area contributed by atoms with Crippen molar-refractivity contribution in [2.45, 2.75) is 0 Å². The molecule has 0 fully saturated rings. The van der Waals surface area contributed by atoms with Crippen LogP contribution in [0.15, 0.2) is 12.4 Å². The van der Waals surface area contributed by atoms with Crippen LogP contribution >= 0.6 is 21.6 Å². The van der Waals surface area contributed by atoms with E-state index in [2.05, 4.69) is 15.8 Å². The first-order chi connectivity index (χ1) is 1.41. The lowest BCUT2D eigenvalue weighted by atomic mass is 11.3. The SMILES string of the molecule is C=CP.Cl. The van der Waals surface area contributed by atoms with Crippen LogP contribution in [-0.2, 0) is 0 Å². The molecule has 2 heteroatoms. The van der Waals surface area contributed by atoms with Gasteiger partial charge in [0, 0.05) is 0 Å². The summed E-state index contributed by atoms with van der Waals surface area (Å²) in [5.74, 6) is 1.67. The molecule has 0 bridgehead atoms. The van der Waals surface area contributed by atoms with Gasteiger partial charge >= 0.3 is 0 Å². The summed E-state index contributed by atoms with van der Waals surface area (Å²) in [6, 6.07) is 0. The minimum Gasteiger partial charge on any atom is -0.147 e. The standard InChI is InChI=1S/C2H5P.ClH/c1-2-3;/h2H,1,3H2;1H. The first-order valence-corrected chi connectivity index (χ1v) is 1.41. The molecule has 0 radical (unpaired) electrons. The number of hydrogen-bond donors (Lipinski definition) is 0. The third kappa shape index (κ3) is 24.8. The summed E-state index contributed by atoms with van der Waals surface area (Å²) in [5, 5.41) is 0. The Hall–Kier alpha value is 0.460. The van der Waals surface area contributed by atoms with E-state index in [1.54, 1.807) is 5.82 Å². The van der Waals surface area contributed by atoms with Crippen molar-refractivity contribution in [2.24, 2.45) is 0 Å². The highest BCUT2D eigenvalue weighted by molar-refractivity contribution is 7.20. The van der Waals surface area contributed by atoms with Gasteiger partial charge in [-0.05, 0) is 0 Å². The molecule has 0 aliphatic rings. The molecule has 0 aromatic heterocycles. The molecule has 0 aliphatic carbocycles. The topological polar surface area (TPSA) is 0 Å². The molecule has 1 atom stereocenters. The Labute approximate surface area is 34.9 Å². The monoisotopic (exact) mass is 96.0 g/mol. The summed E-state index contributed by atoms with van der Waals surface area (Å²) in [7, 11) is 2.34. The highest BCUT2D eigenvalue weighted by Gasteiger charge is 1.13. The van der Waals surface area contributed by atoms with Crippen LogP contribution in [0, 0.1) is 0 Å². The number of hydrogen-bond acceptors (Lipinski definition) is 0. The Kier molecular flexibility index (Phi) is 21.7. The minimum absolute atomic E-state index is 0. The van der Waals surface area contributed by atoms with E-state index in [0.717, 1.165) is 0 Å². The molecule has 0 N–H and O–H groups in total. The van der Waals surface area contributed by atoms with Crippen LogP contribution in [0.5, 0.6) is 0 Å². The molecule has 0 amide bonds. The van der Waals surface area contributed by atoms with Crippen LogP contribution in [0.25, 0.3) is 0 Å². The molecular formula is C2H6ClP. The molecule has 0 aliphatic heterocycles. The molecule has 0 heterocycles. The lowest BCUT2D eigenvalue weighted by Gasteiger charge is -1.32. The second kappa shape index (κ2) is 9.82. The van der Waals surface area contributed by atoms with E-state index in [1.165, 1.54) is 0 Å². The second-order valence-corrected chi connectivity index (χ2v) is 0.707. The summed E-state index contributed by atoms with van der Waals surface area (Å²) >= 11 is 0. The van der Waals surface area contributed by atoms with Crippen molar-refractivity contribution in [1.82, 2.24) is 0 Å². The van der Waals surface area contributed by atoms with Crippen LogP contribution in [0.2, 0.25) is 0 Å². The van der Waals surface area contributed by atoms with Crippen molar-refractivity contribution in [1.29, 1.82) is 0 Å². The van der Waals surface area contributed by atoms with Crippen LogP contribution in [0.4, 0.5) is 0 Å². The molecule has 0 saturated heterocycles. The van der Waals surface area contributed by atoms with Gasteiger partial charge in [0.25, 0.3) is 0 Å². The molecule has 0 aromatic rings. The van der Waals surface area contributed by atoms with E-state index >= 15 is 0 Å². The zero-order chi connectivity index (χ0) is 2.71. The van der Waals surface area contributed by atoms with Gasteiger partial charge < -0.3 is 0 Å². The minimum atomic E-state index is 0. The maximum Gasteiger partial charge on any atom is -0.0735 e. The smallest absolute Gasteiger partial charge is 0.0735 e. The van der Waals surface area contributed by atoms with Gasteiger partial charge in [-0.3, -0.25) is 0 Å². The molecule has 0 spiro atoms. The van der Waals surface area contributed by atoms with Crippen molar-refractivity contribution in [3.05, 3.63) is 12.4 Å². The zero-order valence-corrected chi connectivity index (χ0v) is 4.24. The zero-order valence-electron chi connectivity index (χ0n) is 2.27. The highest BCUT2D eigenvalue weighted by atomic mass is 35.5. The van der Waals surface area contributed by atoms with Crippen molar-refractivity contribution < 1.29 is 0 Å². The summed E-state index contributed by atoms with van der Waals surface area (Å²) in [5.41, 5.74) is 0. The normalized spacial score (nSPS) is 3.25. The Bertz CT molecular complexity index is 13.5. The fourth-order valence-corrected chi connectivity index (χ4v) is 0. The molecule has 0 aromatic carbocycles. The summed E-state index contributed by atoms with van der Waals surface area (Å²) in [6.45, 7) is 3.32. The van der Waals surface area contributed by atoms with Gasteiger partial charge in [0.1, 0.15) is 0 Å². The second-order valence-electron chi connectivity index (χ2n) is 0.236. The van der Waals surface area contributed by atoms with E-state index in [4.69, 9.17) is 0 Å². The third-order valence-corrected chi connectivity index (χ3v) is 0. The Balaban J connectivity index is 0. The van der Waals surface area contributed by atoms with Crippen LogP contribution < -0.4 is 0 Å². The molecule has 4 heavy (non-hydrogen) atoms. The Morgan fingerprint density at radius 2 is 1.75 bits per heavy atom. The van der Waals surface area contributed by atoms with Crippen LogP contribution in [-0.4, -0.2) is 0 Å². The number of halogens is 1. The van der Waals surface area contributed by atoms with Crippen molar-refractivity contribution in [2.75, 3.05) is 0 Å². The van der Waals surface area contributed by atoms with E-state index in [0.29, 0.717) is 0 Å². The Morgan fingerprint density at radius 1 is 1.75 bits per heavy atom. The van der Waals surface area contributed by atoms with Crippen molar-refractivity contribution in [3.8, 4) is 0 Å². The van der Waals surface area contributed by atoms with E-state index < -0.39 is 0 Å². The highest BCUT2D eigenvalue weighted by Crippen LogP contribution is 1.69. The molecule has 26 valence electrons. The van der Waals surface area contributed by atoms with Gasteiger partial charge in [0.15, 0.2) is 0 Å². The quantitative estimate of drug-likeness (QED) is 0.400. The van der Waals surface area contributed by atoms with Gasteiger partial charge in [-0.1, -0.05) is 12.4 Å². The first-order valence-electron chi connectivity index (χ1n) is 0.742. The van der Waals surface area contributed by atoms with Crippen LogP contribution in [0.3, 0.4) is 0 Å². The third-order valence-electron chi connectivity index (χ3n) is 0.